The summed E-state index contributed by atoms with van der Waals surface area (Å²) in [6.45, 7) is 10.5. The van der Waals surface area contributed by atoms with Crippen molar-refractivity contribution < 1.29 is 14.6 Å². The number of aliphatic hydroxyl groups is 1. The lowest BCUT2D eigenvalue weighted by atomic mass is 9.97. The highest BCUT2D eigenvalue weighted by Gasteiger charge is 2.27. The Bertz CT molecular complexity index is 315. The molecule has 0 spiro atoms. The number of likely N-dealkylation sites (tertiary alicyclic amines) is 1. The van der Waals surface area contributed by atoms with Crippen LogP contribution in [0.5, 0.6) is 0 Å². The van der Waals surface area contributed by atoms with E-state index in [1.165, 1.54) is 0 Å². The fourth-order valence-electron chi connectivity index (χ4n) is 2.66. The van der Waals surface area contributed by atoms with Gasteiger partial charge in [0.1, 0.15) is 5.60 Å². The number of nitrogens with zero attached hydrogens (tertiary/aromatic N) is 1. The SMILES string of the molecule is CCC(CCO)NCC1CCCN(C(=O)OC(C)(C)C)C1. The zero-order valence-corrected chi connectivity index (χ0v) is 14.0. The Labute approximate surface area is 129 Å². The van der Waals surface area contributed by atoms with E-state index in [0.29, 0.717) is 12.0 Å². The molecule has 2 N–H and O–H groups in total. The van der Waals surface area contributed by atoms with Crippen LogP contribution in [0.1, 0.15) is 53.4 Å². The van der Waals surface area contributed by atoms with E-state index < -0.39 is 5.60 Å². The fraction of sp³-hybridized carbons (Fsp3) is 0.938. The summed E-state index contributed by atoms with van der Waals surface area (Å²) in [6.07, 6.45) is 3.78. The Morgan fingerprint density at radius 1 is 1.48 bits per heavy atom. The number of aliphatic hydroxyl groups excluding tert-OH is 1. The normalized spacial score (nSPS) is 21.2. The van der Waals surface area contributed by atoms with Gasteiger partial charge in [0, 0.05) is 25.7 Å². The molecule has 1 rings (SSSR count). The van der Waals surface area contributed by atoms with E-state index in [0.717, 1.165) is 45.3 Å². The van der Waals surface area contributed by atoms with Gasteiger partial charge in [0.05, 0.1) is 0 Å². The van der Waals surface area contributed by atoms with E-state index >= 15 is 0 Å². The van der Waals surface area contributed by atoms with Crippen molar-refractivity contribution in [3.63, 3.8) is 0 Å². The summed E-state index contributed by atoms with van der Waals surface area (Å²) in [6, 6.07) is 0.368. The third-order valence-electron chi connectivity index (χ3n) is 3.84. The minimum atomic E-state index is -0.434. The van der Waals surface area contributed by atoms with Crippen LogP contribution in [0.4, 0.5) is 4.79 Å². The van der Waals surface area contributed by atoms with Crippen molar-refractivity contribution in [1.82, 2.24) is 10.2 Å². The first-order valence-electron chi connectivity index (χ1n) is 8.18. The molecule has 0 aromatic heterocycles. The van der Waals surface area contributed by atoms with Crippen LogP contribution >= 0.6 is 0 Å². The quantitative estimate of drug-likeness (QED) is 0.790. The molecule has 1 heterocycles. The number of carbonyl (C=O) groups is 1. The molecule has 1 saturated heterocycles. The number of ether oxygens (including phenoxy) is 1. The summed E-state index contributed by atoms with van der Waals surface area (Å²) in [4.78, 5) is 13.9. The second kappa shape index (κ2) is 8.59. The predicted octanol–water partition coefficient (Wildman–Crippen LogP) is 2.38. The van der Waals surface area contributed by atoms with Crippen LogP contribution in [0.15, 0.2) is 0 Å². The van der Waals surface area contributed by atoms with Crippen LogP contribution in [0.25, 0.3) is 0 Å². The molecule has 124 valence electrons. The predicted molar refractivity (Wildman–Crippen MR) is 84.3 cm³/mol. The lowest BCUT2D eigenvalue weighted by Gasteiger charge is -2.34. The van der Waals surface area contributed by atoms with Gasteiger partial charge in [0.2, 0.25) is 0 Å². The van der Waals surface area contributed by atoms with Crippen molar-refractivity contribution in [2.45, 2.75) is 65.0 Å². The minimum Gasteiger partial charge on any atom is -0.444 e. The topological polar surface area (TPSA) is 61.8 Å². The van der Waals surface area contributed by atoms with Gasteiger partial charge >= 0.3 is 6.09 Å². The molecule has 1 aliphatic rings. The van der Waals surface area contributed by atoms with Crippen LogP contribution in [0, 0.1) is 5.92 Å². The van der Waals surface area contributed by atoms with Crippen LogP contribution in [0.3, 0.4) is 0 Å². The third kappa shape index (κ3) is 7.14. The molecule has 5 nitrogen and oxygen atoms in total. The van der Waals surface area contributed by atoms with Crippen molar-refractivity contribution in [1.29, 1.82) is 0 Å². The summed E-state index contributed by atoms with van der Waals surface area (Å²) < 4.78 is 5.44. The number of amides is 1. The van der Waals surface area contributed by atoms with E-state index in [1.807, 2.05) is 25.7 Å². The lowest BCUT2D eigenvalue weighted by molar-refractivity contribution is 0.0165. The van der Waals surface area contributed by atoms with Crippen molar-refractivity contribution in [2.75, 3.05) is 26.2 Å². The van der Waals surface area contributed by atoms with Crippen LogP contribution in [0.2, 0.25) is 0 Å². The van der Waals surface area contributed by atoms with Gasteiger partial charge in [-0.2, -0.15) is 0 Å². The fourth-order valence-corrected chi connectivity index (χ4v) is 2.66. The van der Waals surface area contributed by atoms with Crippen LogP contribution < -0.4 is 5.32 Å². The van der Waals surface area contributed by atoms with E-state index in [1.54, 1.807) is 0 Å². The van der Waals surface area contributed by atoms with E-state index in [4.69, 9.17) is 9.84 Å². The maximum absolute atomic E-state index is 12.1. The molecule has 2 unspecified atom stereocenters. The molecule has 0 aromatic rings. The molecule has 1 fully saturated rings. The standard InChI is InChI=1S/C16H32N2O3/c1-5-14(8-10-19)17-11-13-7-6-9-18(12-13)15(20)21-16(2,3)4/h13-14,17,19H,5-12H2,1-4H3. The Balaban J connectivity index is 2.39. The Morgan fingerprint density at radius 2 is 2.19 bits per heavy atom. The molecular weight excluding hydrogens is 268 g/mol. The zero-order chi connectivity index (χ0) is 15.9. The van der Waals surface area contributed by atoms with E-state index in [2.05, 4.69) is 12.2 Å². The molecule has 1 amide bonds. The summed E-state index contributed by atoms with van der Waals surface area (Å²) in [5.74, 6) is 0.471. The summed E-state index contributed by atoms with van der Waals surface area (Å²) in [5.41, 5.74) is -0.434. The maximum atomic E-state index is 12.1. The van der Waals surface area contributed by atoms with Gasteiger partial charge in [-0.1, -0.05) is 6.92 Å². The molecule has 5 heteroatoms. The molecule has 0 aromatic carbocycles. The molecule has 0 saturated carbocycles. The highest BCUT2D eigenvalue weighted by Crippen LogP contribution is 2.19. The zero-order valence-electron chi connectivity index (χ0n) is 14.0. The number of hydrogen-bond donors (Lipinski definition) is 2. The molecule has 0 aliphatic carbocycles. The molecule has 21 heavy (non-hydrogen) atoms. The van der Waals surface area contributed by atoms with Crippen LogP contribution in [-0.2, 0) is 4.74 Å². The number of carbonyl (C=O) groups excluding carboxylic acids is 1. The molecule has 1 aliphatic heterocycles. The Kier molecular flexibility index (Phi) is 7.46. The van der Waals surface area contributed by atoms with Crippen molar-refractivity contribution in [3.05, 3.63) is 0 Å². The van der Waals surface area contributed by atoms with Gasteiger partial charge in [0.15, 0.2) is 0 Å². The summed E-state index contributed by atoms with van der Waals surface area (Å²) in [7, 11) is 0. The minimum absolute atomic E-state index is 0.199. The Hall–Kier alpha value is -0.810. The van der Waals surface area contributed by atoms with Crippen molar-refractivity contribution in [2.24, 2.45) is 5.92 Å². The van der Waals surface area contributed by atoms with E-state index in [9.17, 15) is 4.79 Å². The highest BCUT2D eigenvalue weighted by molar-refractivity contribution is 5.68. The monoisotopic (exact) mass is 300 g/mol. The summed E-state index contributed by atoms with van der Waals surface area (Å²) >= 11 is 0. The van der Waals surface area contributed by atoms with Gasteiger partial charge in [-0.05, 0) is 58.9 Å². The lowest BCUT2D eigenvalue weighted by Crippen LogP contribution is -2.46. The van der Waals surface area contributed by atoms with E-state index in [-0.39, 0.29) is 12.7 Å². The molecular formula is C16H32N2O3. The maximum Gasteiger partial charge on any atom is 0.410 e. The van der Waals surface area contributed by atoms with Crippen LogP contribution in [-0.4, -0.2) is 54.0 Å². The summed E-state index contributed by atoms with van der Waals surface area (Å²) in [5, 5.41) is 12.5. The second-order valence-electron chi connectivity index (χ2n) is 6.96. The third-order valence-corrected chi connectivity index (χ3v) is 3.84. The number of hydrogen-bond acceptors (Lipinski definition) is 4. The molecule has 2 atom stereocenters. The van der Waals surface area contributed by atoms with Gasteiger partial charge < -0.3 is 20.1 Å². The second-order valence-corrected chi connectivity index (χ2v) is 6.96. The average Bonchev–Trinajstić information content (AvgIpc) is 2.42. The first-order valence-corrected chi connectivity index (χ1v) is 8.18. The average molecular weight is 300 g/mol. The first kappa shape index (κ1) is 18.2. The number of rotatable bonds is 6. The smallest absolute Gasteiger partial charge is 0.410 e. The Morgan fingerprint density at radius 3 is 2.76 bits per heavy atom. The first-order chi connectivity index (χ1) is 9.85. The number of piperidine rings is 1. The van der Waals surface area contributed by atoms with Crippen molar-refractivity contribution >= 4 is 6.09 Å². The number of nitrogens with one attached hydrogen (secondary N) is 1. The highest BCUT2D eigenvalue weighted by atomic mass is 16.6. The van der Waals surface area contributed by atoms with Gasteiger partial charge in [-0.3, -0.25) is 0 Å². The van der Waals surface area contributed by atoms with Gasteiger partial charge in [0.25, 0.3) is 0 Å². The molecule has 0 radical (unpaired) electrons. The van der Waals surface area contributed by atoms with Crippen molar-refractivity contribution in [3.8, 4) is 0 Å². The largest absolute Gasteiger partial charge is 0.444 e. The van der Waals surface area contributed by atoms with Gasteiger partial charge in [-0.15, -0.1) is 0 Å². The molecule has 0 bridgehead atoms. The van der Waals surface area contributed by atoms with Gasteiger partial charge in [-0.25, -0.2) is 4.79 Å².